The highest BCUT2D eigenvalue weighted by Gasteiger charge is 2.37. The molecule has 3 aromatic rings. The number of likely N-dealkylation sites (N-methyl/N-ethyl adjacent to an activating group) is 1. The summed E-state index contributed by atoms with van der Waals surface area (Å²) in [6.45, 7) is 6.07. The van der Waals surface area contributed by atoms with Gasteiger partial charge in [-0.3, -0.25) is 4.98 Å². The lowest BCUT2D eigenvalue weighted by atomic mass is 9.98. The van der Waals surface area contributed by atoms with Gasteiger partial charge in [0.15, 0.2) is 5.65 Å². The summed E-state index contributed by atoms with van der Waals surface area (Å²) in [6, 6.07) is 5.84. The number of nitrogens with one attached hydrogen (secondary N) is 1. The smallest absolute Gasteiger partial charge is 0.305 e. The summed E-state index contributed by atoms with van der Waals surface area (Å²) in [4.78, 5) is 10.4. The Morgan fingerprint density at radius 3 is 2.70 bits per heavy atom. The molecule has 1 aliphatic rings. The van der Waals surface area contributed by atoms with Crippen LogP contribution >= 0.6 is 0 Å². The van der Waals surface area contributed by atoms with E-state index in [-0.39, 0.29) is 16.7 Å². The van der Waals surface area contributed by atoms with Crippen LogP contribution in [0.1, 0.15) is 37.2 Å². The van der Waals surface area contributed by atoms with Gasteiger partial charge in [-0.15, -0.1) is 5.10 Å². The summed E-state index contributed by atoms with van der Waals surface area (Å²) in [7, 11) is 1.91. The van der Waals surface area contributed by atoms with Gasteiger partial charge in [0.2, 0.25) is 5.82 Å². The number of aromatic nitrogens is 4. The lowest BCUT2D eigenvalue weighted by molar-refractivity contribution is 0.00801. The van der Waals surface area contributed by atoms with E-state index in [1.165, 1.54) is 4.52 Å². The Balaban J connectivity index is 2.08. The second kappa shape index (κ2) is 6.99. The fourth-order valence-electron chi connectivity index (χ4n) is 4.00. The minimum absolute atomic E-state index is 0.127. The van der Waals surface area contributed by atoms with Gasteiger partial charge in [-0.05, 0) is 38.9 Å². The number of alkyl halides is 2. The molecule has 0 unspecified atom stereocenters. The first-order valence-corrected chi connectivity index (χ1v) is 9.74. The van der Waals surface area contributed by atoms with Crippen LogP contribution in [0.3, 0.4) is 0 Å². The Morgan fingerprint density at radius 2 is 2.13 bits per heavy atom. The summed E-state index contributed by atoms with van der Waals surface area (Å²) >= 11 is 0. The minimum atomic E-state index is -3.22. The molecule has 1 fully saturated rings. The van der Waals surface area contributed by atoms with Crippen LogP contribution in [0.25, 0.3) is 16.8 Å². The first-order chi connectivity index (χ1) is 14.2. The summed E-state index contributed by atoms with van der Waals surface area (Å²) < 4.78 is 29.6. The van der Waals surface area contributed by atoms with Crippen LogP contribution in [0, 0.1) is 18.3 Å². The van der Waals surface area contributed by atoms with E-state index in [4.69, 9.17) is 0 Å². The molecule has 0 aliphatic carbocycles. The second-order valence-electron chi connectivity index (χ2n) is 8.09. The fraction of sp³-hybridized carbons (Fsp3) is 0.429. The van der Waals surface area contributed by atoms with Crippen molar-refractivity contribution in [2.75, 3.05) is 25.0 Å². The number of anilines is 1. The zero-order chi connectivity index (χ0) is 21.7. The number of pyridine rings is 2. The van der Waals surface area contributed by atoms with E-state index in [2.05, 4.69) is 38.3 Å². The van der Waals surface area contributed by atoms with Gasteiger partial charge in [0.05, 0.1) is 0 Å². The molecule has 1 saturated heterocycles. The normalized spacial score (nSPS) is 19.4. The number of hydrogen-bond donors (Lipinski definition) is 1. The van der Waals surface area contributed by atoms with Gasteiger partial charge < -0.3 is 10.2 Å². The van der Waals surface area contributed by atoms with Crippen molar-refractivity contribution < 1.29 is 8.78 Å². The van der Waals surface area contributed by atoms with Crippen LogP contribution in [0.5, 0.6) is 0 Å². The molecular formula is C21H23F2N7. The van der Waals surface area contributed by atoms with Gasteiger partial charge in [-0.25, -0.2) is 4.98 Å². The molecule has 0 bridgehead atoms. The molecule has 0 radical (unpaired) electrons. The molecule has 0 amide bonds. The standard InChI is InChI=1S/C21H23F2N7/c1-13-15(10-24)17-27-19(21(3,22)23)28-30(17)18(16(13)14-6-5-8-26-11-14)29-9-7-20(2,12-29)25-4/h5-6,8,11,25H,7,9,12H2,1-4H3/t20-/m0/s1. The molecule has 7 nitrogen and oxygen atoms in total. The SMILES string of the molecule is CN[C@@]1(C)CCN(c2c(-c3cccnc3)c(C)c(C#N)c3nc(C(C)(F)F)nn23)C1. The lowest BCUT2D eigenvalue weighted by Crippen LogP contribution is -2.42. The van der Waals surface area contributed by atoms with E-state index >= 15 is 0 Å². The van der Waals surface area contributed by atoms with E-state index in [9.17, 15) is 14.0 Å². The van der Waals surface area contributed by atoms with Crippen LogP contribution in [0.4, 0.5) is 14.6 Å². The number of nitriles is 1. The first-order valence-electron chi connectivity index (χ1n) is 9.74. The molecular weight excluding hydrogens is 388 g/mol. The maximum atomic E-state index is 14.1. The molecule has 0 spiro atoms. The topological polar surface area (TPSA) is 82.1 Å². The second-order valence-corrected chi connectivity index (χ2v) is 8.09. The van der Waals surface area contributed by atoms with Crippen LogP contribution in [0.2, 0.25) is 0 Å². The molecule has 9 heteroatoms. The van der Waals surface area contributed by atoms with Gasteiger partial charge in [0.1, 0.15) is 17.5 Å². The van der Waals surface area contributed by atoms with Crippen molar-refractivity contribution >= 4 is 11.5 Å². The van der Waals surface area contributed by atoms with E-state index in [0.29, 0.717) is 24.5 Å². The van der Waals surface area contributed by atoms with Crippen molar-refractivity contribution in [3.05, 3.63) is 41.5 Å². The summed E-state index contributed by atoms with van der Waals surface area (Å²) in [5.41, 5.74) is 2.47. The Morgan fingerprint density at radius 1 is 1.37 bits per heavy atom. The van der Waals surface area contributed by atoms with E-state index in [1.54, 1.807) is 12.4 Å². The third-order valence-electron chi connectivity index (χ3n) is 5.84. The van der Waals surface area contributed by atoms with Crippen molar-refractivity contribution in [3.63, 3.8) is 0 Å². The quantitative estimate of drug-likeness (QED) is 0.710. The molecule has 30 heavy (non-hydrogen) atoms. The number of fused-ring (bicyclic) bond motifs is 1. The van der Waals surface area contributed by atoms with E-state index in [1.807, 2.05) is 26.1 Å². The fourth-order valence-corrected chi connectivity index (χ4v) is 4.00. The molecule has 1 aliphatic heterocycles. The average molecular weight is 411 g/mol. The predicted octanol–water partition coefficient (Wildman–Crippen LogP) is 3.27. The maximum absolute atomic E-state index is 14.1. The molecule has 1 N–H and O–H groups in total. The van der Waals surface area contributed by atoms with Crippen molar-refractivity contribution in [2.24, 2.45) is 0 Å². The molecule has 0 aromatic carbocycles. The van der Waals surface area contributed by atoms with E-state index in [0.717, 1.165) is 24.5 Å². The zero-order valence-corrected chi connectivity index (χ0v) is 17.4. The Labute approximate surface area is 173 Å². The van der Waals surface area contributed by atoms with Crippen LogP contribution < -0.4 is 10.2 Å². The highest BCUT2D eigenvalue weighted by Crippen LogP contribution is 2.40. The molecule has 3 aromatic heterocycles. The highest BCUT2D eigenvalue weighted by molar-refractivity contribution is 5.85. The number of nitrogens with zero attached hydrogens (tertiary/aromatic N) is 6. The maximum Gasteiger partial charge on any atom is 0.305 e. The van der Waals surface area contributed by atoms with Gasteiger partial charge in [-0.2, -0.15) is 18.6 Å². The van der Waals surface area contributed by atoms with Crippen molar-refractivity contribution in [1.29, 1.82) is 5.26 Å². The number of halogens is 2. The Hall–Kier alpha value is -3.12. The summed E-state index contributed by atoms with van der Waals surface area (Å²) in [5.74, 6) is -3.17. The Kier molecular flexibility index (Phi) is 4.70. The lowest BCUT2D eigenvalue weighted by Gasteiger charge is -2.27. The van der Waals surface area contributed by atoms with Crippen molar-refractivity contribution in [3.8, 4) is 17.2 Å². The summed E-state index contributed by atoms with van der Waals surface area (Å²) in [6.07, 6.45) is 4.25. The minimum Gasteiger partial charge on any atom is -0.354 e. The predicted molar refractivity (Wildman–Crippen MR) is 110 cm³/mol. The molecule has 1 atom stereocenters. The molecule has 0 saturated carbocycles. The number of rotatable bonds is 4. The number of hydrogen-bond acceptors (Lipinski definition) is 6. The third kappa shape index (κ3) is 3.17. The first kappa shape index (κ1) is 20.2. The third-order valence-corrected chi connectivity index (χ3v) is 5.84. The Bertz CT molecular complexity index is 1140. The van der Waals surface area contributed by atoms with Crippen LogP contribution in [0.15, 0.2) is 24.5 Å². The van der Waals surface area contributed by atoms with Crippen LogP contribution in [-0.4, -0.2) is 45.3 Å². The van der Waals surface area contributed by atoms with E-state index < -0.39 is 11.7 Å². The van der Waals surface area contributed by atoms with Crippen molar-refractivity contribution in [1.82, 2.24) is 24.9 Å². The molecule has 4 heterocycles. The largest absolute Gasteiger partial charge is 0.354 e. The van der Waals surface area contributed by atoms with Crippen molar-refractivity contribution in [2.45, 2.75) is 38.7 Å². The van der Waals surface area contributed by atoms with Crippen LogP contribution in [-0.2, 0) is 5.92 Å². The average Bonchev–Trinajstić information content (AvgIpc) is 3.32. The van der Waals surface area contributed by atoms with Gasteiger partial charge >= 0.3 is 5.92 Å². The monoisotopic (exact) mass is 411 g/mol. The zero-order valence-electron chi connectivity index (χ0n) is 17.4. The van der Waals surface area contributed by atoms with Gasteiger partial charge in [0.25, 0.3) is 0 Å². The van der Waals surface area contributed by atoms with Gasteiger partial charge in [-0.1, -0.05) is 6.07 Å². The van der Waals surface area contributed by atoms with Gasteiger partial charge in [0, 0.05) is 49.1 Å². The highest BCUT2D eigenvalue weighted by atomic mass is 19.3. The molecule has 156 valence electrons. The molecule has 4 rings (SSSR count). The summed E-state index contributed by atoms with van der Waals surface area (Å²) in [5, 5.41) is 17.3.